The van der Waals surface area contributed by atoms with Crippen LogP contribution in [0.5, 0.6) is 0 Å². The fourth-order valence-corrected chi connectivity index (χ4v) is 2.50. The number of ether oxygens (including phenoxy) is 1. The van der Waals surface area contributed by atoms with E-state index in [2.05, 4.69) is 36.1 Å². The quantitative estimate of drug-likeness (QED) is 0.711. The molecule has 0 saturated carbocycles. The van der Waals surface area contributed by atoms with Crippen LogP contribution >= 0.6 is 0 Å². The van der Waals surface area contributed by atoms with E-state index in [-0.39, 0.29) is 23.4 Å². The molecule has 2 amide bonds. The molecule has 8 nitrogen and oxygen atoms in total. The van der Waals surface area contributed by atoms with Gasteiger partial charge in [0.2, 0.25) is 5.91 Å². The van der Waals surface area contributed by atoms with E-state index < -0.39 is 0 Å². The van der Waals surface area contributed by atoms with E-state index in [1.165, 1.54) is 26.1 Å². The van der Waals surface area contributed by atoms with E-state index in [0.29, 0.717) is 17.3 Å². The maximum Gasteiger partial charge on any atom is 0.410 e. The summed E-state index contributed by atoms with van der Waals surface area (Å²) in [6.07, 6.45) is 4.76. The normalized spacial score (nSPS) is 15.9. The summed E-state index contributed by atoms with van der Waals surface area (Å²) in [5, 5.41) is 2.55. The van der Waals surface area contributed by atoms with Gasteiger partial charge in [-0.15, -0.1) is 0 Å². The number of aryl methyl sites for hydroxylation is 1. The van der Waals surface area contributed by atoms with Crippen molar-refractivity contribution in [3.63, 3.8) is 0 Å². The van der Waals surface area contributed by atoms with Gasteiger partial charge in [0, 0.05) is 20.0 Å². The lowest BCUT2D eigenvalue weighted by atomic mass is 10.0. The van der Waals surface area contributed by atoms with Crippen molar-refractivity contribution < 1.29 is 14.3 Å². The molecule has 1 aliphatic heterocycles. The van der Waals surface area contributed by atoms with Gasteiger partial charge in [-0.05, 0) is 46.5 Å². The molecular formula is C21H39N5O3. The lowest BCUT2D eigenvalue weighted by Crippen LogP contribution is -2.42. The zero-order valence-electron chi connectivity index (χ0n) is 19.3. The first kappa shape index (κ1) is 26.6. The van der Waals surface area contributed by atoms with Gasteiger partial charge in [-0.2, -0.15) is 0 Å². The summed E-state index contributed by atoms with van der Waals surface area (Å²) >= 11 is 0. The zero-order chi connectivity index (χ0) is 22.6. The van der Waals surface area contributed by atoms with Crippen LogP contribution in [0.15, 0.2) is 6.33 Å². The van der Waals surface area contributed by atoms with E-state index in [1.54, 1.807) is 6.92 Å². The average molecular weight is 410 g/mol. The Morgan fingerprint density at radius 3 is 2.34 bits per heavy atom. The Hall–Kier alpha value is -2.38. The lowest BCUT2D eigenvalue weighted by molar-refractivity contribution is -0.114. The van der Waals surface area contributed by atoms with Crippen LogP contribution in [0.25, 0.3) is 0 Å². The number of rotatable bonds is 1. The third-order valence-corrected chi connectivity index (χ3v) is 3.68. The summed E-state index contributed by atoms with van der Waals surface area (Å²) in [5.74, 6) is 0.716. The van der Waals surface area contributed by atoms with E-state index in [9.17, 15) is 9.59 Å². The first-order chi connectivity index (χ1) is 13.4. The van der Waals surface area contributed by atoms with Crippen molar-refractivity contribution in [3.8, 4) is 0 Å². The molecule has 1 aromatic heterocycles. The number of likely N-dealkylation sites (tertiary alicyclic amines) is 1. The standard InChI is InChI=1S/C11H21NO2.C7H10N4O.C3H8/c1-9-6-5-7-12(8-9)10(13)14-11(2,3)4;1-4-6(11-5(2)12)7(8)10-3-9-4;1-3-2/h9H,5-8H2,1-4H3;3H,1-2H3,(H,11,12)(H2,8,9,10);3H2,1-2H3. The largest absolute Gasteiger partial charge is 0.444 e. The van der Waals surface area contributed by atoms with Crippen molar-refractivity contribution in [3.05, 3.63) is 12.0 Å². The van der Waals surface area contributed by atoms with Crippen LogP contribution in [-0.4, -0.2) is 45.6 Å². The van der Waals surface area contributed by atoms with Crippen molar-refractivity contribution in [1.29, 1.82) is 0 Å². The lowest BCUT2D eigenvalue weighted by Gasteiger charge is -2.32. The summed E-state index contributed by atoms with van der Waals surface area (Å²) in [6, 6.07) is 0. The van der Waals surface area contributed by atoms with E-state index >= 15 is 0 Å². The van der Waals surface area contributed by atoms with Crippen molar-refractivity contribution in [2.24, 2.45) is 5.92 Å². The number of nitrogen functional groups attached to an aromatic ring is 1. The highest BCUT2D eigenvalue weighted by atomic mass is 16.6. The number of nitrogens with two attached hydrogens (primary N) is 1. The summed E-state index contributed by atoms with van der Waals surface area (Å²) in [5.41, 5.74) is 6.28. The van der Waals surface area contributed by atoms with Crippen LogP contribution in [0.4, 0.5) is 16.3 Å². The zero-order valence-corrected chi connectivity index (χ0v) is 19.3. The van der Waals surface area contributed by atoms with Crippen LogP contribution in [0.1, 0.15) is 73.4 Å². The third-order valence-electron chi connectivity index (χ3n) is 3.68. The maximum absolute atomic E-state index is 11.7. The molecular weight excluding hydrogens is 370 g/mol. The molecule has 1 saturated heterocycles. The molecule has 2 rings (SSSR count). The number of anilines is 2. The molecule has 166 valence electrons. The fraction of sp³-hybridized carbons (Fsp3) is 0.714. The summed E-state index contributed by atoms with van der Waals surface area (Å²) in [6.45, 7) is 17.0. The number of hydrogen-bond donors (Lipinski definition) is 2. The third kappa shape index (κ3) is 11.9. The minimum atomic E-state index is -0.377. The minimum Gasteiger partial charge on any atom is -0.444 e. The molecule has 1 atom stereocenters. The second-order valence-electron chi connectivity index (χ2n) is 8.28. The molecule has 8 heteroatoms. The van der Waals surface area contributed by atoms with Crippen LogP contribution in [0, 0.1) is 12.8 Å². The Labute approximate surface area is 175 Å². The summed E-state index contributed by atoms with van der Waals surface area (Å²) < 4.78 is 5.31. The Morgan fingerprint density at radius 2 is 1.90 bits per heavy atom. The summed E-state index contributed by atoms with van der Waals surface area (Å²) in [7, 11) is 0. The second kappa shape index (κ2) is 13.0. The topological polar surface area (TPSA) is 110 Å². The van der Waals surface area contributed by atoms with Gasteiger partial charge in [0.1, 0.15) is 17.6 Å². The Bertz CT molecular complexity index is 623. The molecule has 0 radical (unpaired) electrons. The number of nitrogens with zero attached hydrogens (tertiary/aromatic N) is 3. The van der Waals surface area contributed by atoms with E-state index in [4.69, 9.17) is 10.5 Å². The monoisotopic (exact) mass is 409 g/mol. The molecule has 0 bridgehead atoms. The van der Waals surface area contributed by atoms with Crippen molar-refractivity contribution in [1.82, 2.24) is 14.9 Å². The smallest absolute Gasteiger partial charge is 0.410 e. The van der Waals surface area contributed by atoms with Gasteiger partial charge in [0.25, 0.3) is 0 Å². The number of hydrogen-bond acceptors (Lipinski definition) is 6. The Kier molecular flexibility index (Phi) is 11.9. The number of aromatic nitrogens is 2. The number of nitrogens with one attached hydrogen (secondary N) is 1. The Balaban J connectivity index is 0.000000481. The van der Waals surface area contributed by atoms with Crippen LogP contribution in [0.2, 0.25) is 0 Å². The van der Waals surface area contributed by atoms with Crippen LogP contribution in [0.3, 0.4) is 0 Å². The van der Waals surface area contributed by atoms with Gasteiger partial charge >= 0.3 is 6.09 Å². The maximum atomic E-state index is 11.7. The minimum absolute atomic E-state index is 0.163. The average Bonchev–Trinajstić information content (AvgIpc) is 2.58. The highest BCUT2D eigenvalue weighted by molar-refractivity contribution is 5.92. The molecule has 0 spiro atoms. The van der Waals surface area contributed by atoms with Crippen LogP contribution in [-0.2, 0) is 9.53 Å². The predicted molar refractivity (Wildman–Crippen MR) is 118 cm³/mol. The second-order valence-corrected chi connectivity index (χ2v) is 8.28. The predicted octanol–water partition coefficient (Wildman–Crippen LogP) is 4.40. The van der Waals surface area contributed by atoms with Gasteiger partial charge in [-0.1, -0.05) is 27.2 Å². The van der Waals surface area contributed by atoms with E-state index in [0.717, 1.165) is 19.5 Å². The first-order valence-corrected chi connectivity index (χ1v) is 10.2. The molecule has 29 heavy (non-hydrogen) atoms. The molecule has 1 fully saturated rings. The van der Waals surface area contributed by atoms with E-state index in [1.807, 2.05) is 25.7 Å². The van der Waals surface area contributed by atoms with Crippen LogP contribution < -0.4 is 11.1 Å². The molecule has 1 aromatic rings. The van der Waals surface area contributed by atoms with Crippen molar-refractivity contribution >= 4 is 23.5 Å². The van der Waals surface area contributed by atoms with Gasteiger partial charge in [-0.3, -0.25) is 4.79 Å². The number of piperidine rings is 1. The van der Waals surface area contributed by atoms with Gasteiger partial charge in [0.05, 0.1) is 5.69 Å². The highest BCUT2D eigenvalue weighted by Gasteiger charge is 2.25. The van der Waals surface area contributed by atoms with Gasteiger partial charge < -0.3 is 20.7 Å². The van der Waals surface area contributed by atoms with Gasteiger partial charge in [-0.25, -0.2) is 14.8 Å². The van der Waals surface area contributed by atoms with Crippen molar-refractivity contribution in [2.75, 3.05) is 24.1 Å². The SMILES string of the molecule is CC(=O)Nc1c(C)ncnc1N.CC1CCCN(C(=O)OC(C)(C)C)C1.CCC. The summed E-state index contributed by atoms with van der Waals surface area (Å²) in [4.78, 5) is 31.8. The number of carbonyl (C=O) groups excluding carboxylic acids is 2. The fourth-order valence-electron chi connectivity index (χ4n) is 2.50. The molecule has 0 aromatic carbocycles. The highest BCUT2D eigenvalue weighted by Crippen LogP contribution is 2.18. The molecule has 1 unspecified atom stereocenters. The number of carbonyl (C=O) groups is 2. The molecule has 3 N–H and O–H groups in total. The molecule has 2 heterocycles. The molecule has 0 aliphatic carbocycles. The van der Waals surface area contributed by atoms with Gasteiger partial charge in [0.15, 0.2) is 5.82 Å². The molecule has 1 aliphatic rings. The first-order valence-electron chi connectivity index (χ1n) is 10.2. The van der Waals surface area contributed by atoms with Crippen molar-refractivity contribution in [2.45, 2.75) is 80.3 Å². The Morgan fingerprint density at radius 1 is 1.31 bits per heavy atom. The number of amides is 2.